The van der Waals surface area contributed by atoms with Gasteiger partial charge >= 0.3 is 0 Å². The number of rotatable bonds is 3. The molecule has 5 nitrogen and oxygen atoms in total. The Morgan fingerprint density at radius 1 is 1.10 bits per heavy atom. The van der Waals surface area contributed by atoms with Crippen molar-refractivity contribution in [1.82, 2.24) is 5.32 Å². The molecule has 1 atom stereocenters. The Kier molecular flexibility index (Phi) is 4.49. The lowest BCUT2D eigenvalue weighted by atomic mass is 9.74. The molecule has 0 radical (unpaired) electrons. The van der Waals surface area contributed by atoms with E-state index in [1.165, 1.54) is 6.07 Å². The van der Waals surface area contributed by atoms with Crippen molar-refractivity contribution in [2.24, 2.45) is 0 Å². The van der Waals surface area contributed by atoms with Gasteiger partial charge in [-0.1, -0.05) is 53.5 Å². The van der Waals surface area contributed by atoms with Gasteiger partial charge in [0.1, 0.15) is 0 Å². The van der Waals surface area contributed by atoms with E-state index in [1.54, 1.807) is 0 Å². The highest BCUT2D eigenvalue weighted by molar-refractivity contribution is 6.47. The average Bonchev–Trinajstić information content (AvgIpc) is 3.13. The lowest BCUT2D eigenvalue weighted by Crippen LogP contribution is -2.32. The van der Waals surface area contributed by atoms with Crippen LogP contribution in [-0.2, 0) is 21.4 Å². The minimum Gasteiger partial charge on any atom is -0.502 e. The number of hydrogen-bond acceptors (Lipinski definition) is 4. The fraction of sp³-hybridized carbons (Fsp3) is 0.136. The molecule has 2 amide bonds. The molecule has 0 spiro atoms. The van der Waals surface area contributed by atoms with Gasteiger partial charge in [-0.15, -0.1) is 12.3 Å². The predicted octanol–water partition coefficient (Wildman–Crippen LogP) is 3.62. The van der Waals surface area contributed by atoms with Gasteiger partial charge in [-0.2, -0.15) is 0 Å². The lowest BCUT2D eigenvalue weighted by Gasteiger charge is -2.25. The number of benzene rings is 2. The fourth-order valence-electron chi connectivity index (χ4n) is 4.00. The van der Waals surface area contributed by atoms with Gasteiger partial charge in [0.25, 0.3) is 11.8 Å². The molecule has 2 N–H and O–H groups in total. The molecule has 7 heteroatoms. The van der Waals surface area contributed by atoms with Crippen LogP contribution >= 0.6 is 23.2 Å². The standard InChI is InChI=1S/C22H13Cl2NO4/c1-2-8-22(12-6-4-3-5-7-12)10-11-9-13(15-18(26)21(29)25-20(15)28)16(23)17(24)14(11)19(22)27/h1,3-7,9H,8,10H2,(H2,25,26,28,29). The third kappa shape index (κ3) is 2.68. The number of fused-ring (bicyclic) bond motifs is 1. The van der Waals surface area contributed by atoms with Crippen LogP contribution in [0.1, 0.15) is 33.5 Å². The van der Waals surface area contributed by atoms with Crippen molar-refractivity contribution in [1.29, 1.82) is 0 Å². The van der Waals surface area contributed by atoms with Gasteiger partial charge in [0.2, 0.25) is 0 Å². The Hall–Kier alpha value is -3.07. The van der Waals surface area contributed by atoms with Crippen molar-refractivity contribution in [2.45, 2.75) is 18.3 Å². The van der Waals surface area contributed by atoms with E-state index in [-0.39, 0.29) is 45.4 Å². The van der Waals surface area contributed by atoms with Gasteiger partial charge in [-0.05, 0) is 23.6 Å². The number of Topliss-reactive ketones (excluding diaryl/α,β-unsaturated/α-hetero) is 1. The van der Waals surface area contributed by atoms with Crippen molar-refractivity contribution in [3.63, 3.8) is 0 Å². The van der Waals surface area contributed by atoms with Gasteiger partial charge < -0.3 is 5.11 Å². The molecule has 29 heavy (non-hydrogen) atoms. The number of amides is 2. The average molecular weight is 426 g/mol. The lowest BCUT2D eigenvalue weighted by molar-refractivity contribution is -0.124. The molecule has 2 aromatic carbocycles. The molecule has 1 aliphatic carbocycles. The summed E-state index contributed by atoms with van der Waals surface area (Å²) in [6.07, 6.45) is 5.99. The second-order valence-corrected chi connectivity index (χ2v) is 7.68. The molecule has 0 saturated heterocycles. The van der Waals surface area contributed by atoms with Gasteiger partial charge in [-0.3, -0.25) is 19.7 Å². The number of carbonyl (C=O) groups is 3. The van der Waals surface area contributed by atoms with Crippen LogP contribution < -0.4 is 5.32 Å². The van der Waals surface area contributed by atoms with Gasteiger partial charge in [0.15, 0.2) is 11.5 Å². The molecule has 2 aromatic rings. The molecule has 4 rings (SSSR count). The third-order valence-electron chi connectivity index (χ3n) is 5.35. The molecule has 2 aliphatic rings. The summed E-state index contributed by atoms with van der Waals surface area (Å²) in [5.41, 5.74) is 0.354. The number of nitrogens with one attached hydrogen (secondary N) is 1. The van der Waals surface area contributed by atoms with Crippen molar-refractivity contribution in [3.8, 4) is 12.3 Å². The van der Waals surface area contributed by atoms with E-state index in [1.807, 2.05) is 35.6 Å². The maximum Gasteiger partial charge on any atom is 0.293 e. The first kappa shape index (κ1) is 19.3. The summed E-state index contributed by atoms with van der Waals surface area (Å²) in [6, 6.07) is 10.7. The summed E-state index contributed by atoms with van der Waals surface area (Å²) in [4.78, 5) is 37.2. The molecule has 0 fully saturated rings. The van der Waals surface area contributed by atoms with Crippen LogP contribution in [-0.4, -0.2) is 22.7 Å². The number of hydrogen-bond donors (Lipinski definition) is 2. The van der Waals surface area contributed by atoms with E-state index < -0.39 is 23.0 Å². The SMILES string of the molecule is C#CCC1(c2ccccc2)Cc2cc(C3=C(O)C(=O)NC3=O)c(Cl)c(Cl)c2C1=O. The number of carbonyl (C=O) groups excluding carboxylic acids is 3. The monoisotopic (exact) mass is 425 g/mol. The molecular formula is C22H13Cl2NO4. The van der Waals surface area contributed by atoms with E-state index in [9.17, 15) is 19.5 Å². The van der Waals surface area contributed by atoms with Crippen LogP contribution in [0.2, 0.25) is 10.0 Å². The largest absolute Gasteiger partial charge is 0.502 e. The summed E-state index contributed by atoms with van der Waals surface area (Å²) < 4.78 is 0. The zero-order valence-electron chi connectivity index (χ0n) is 14.9. The molecule has 0 aromatic heterocycles. The zero-order chi connectivity index (χ0) is 20.9. The maximum absolute atomic E-state index is 13.5. The first-order chi connectivity index (χ1) is 13.8. The van der Waals surface area contributed by atoms with Gasteiger partial charge in [0.05, 0.1) is 21.0 Å². The van der Waals surface area contributed by atoms with Gasteiger partial charge in [0, 0.05) is 17.5 Å². The van der Waals surface area contributed by atoms with Crippen molar-refractivity contribution < 1.29 is 19.5 Å². The van der Waals surface area contributed by atoms with Crippen LogP contribution in [0.4, 0.5) is 0 Å². The smallest absolute Gasteiger partial charge is 0.293 e. The van der Waals surface area contributed by atoms with E-state index in [0.29, 0.717) is 5.56 Å². The summed E-state index contributed by atoms with van der Waals surface area (Å²) in [6.45, 7) is 0. The Balaban J connectivity index is 1.94. The highest BCUT2D eigenvalue weighted by atomic mass is 35.5. The first-order valence-electron chi connectivity index (χ1n) is 8.65. The predicted molar refractivity (Wildman–Crippen MR) is 109 cm³/mol. The quantitative estimate of drug-likeness (QED) is 0.580. The molecule has 0 bridgehead atoms. The number of aliphatic hydroxyl groups excluding tert-OH is 1. The normalized spacial score (nSPS) is 20.7. The Morgan fingerprint density at radius 3 is 2.38 bits per heavy atom. The van der Waals surface area contributed by atoms with E-state index in [4.69, 9.17) is 29.6 Å². The van der Waals surface area contributed by atoms with Crippen LogP contribution in [0, 0.1) is 12.3 Å². The number of aliphatic hydroxyl groups is 1. The van der Waals surface area contributed by atoms with Crippen LogP contribution in [0.25, 0.3) is 5.57 Å². The zero-order valence-corrected chi connectivity index (χ0v) is 16.4. The first-order valence-corrected chi connectivity index (χ1v) is 9.41. The fourth-order valence-corrected chi connectivity index (χ4v) is 4.55. The number of terminal acetylenes is 1. The van der Waals surface area contributed by atoms with Crippen LogP contribution in [0.15, 0.2) is 42.2 Å². The highest BCUT2D eigenvalue weighted by Crippen LogP contribution is 2.48. The van der Waals surface area contributed by atoms with Gasteiger partial charge in [-0.25, -0.2) is 0 Å². The summed E-state index contributed by atoms with van der Waals surface area (Å²) >= 11 is 12.8. The van der Waals surface area contributed by atoms with Crippen LogP contribution in [0.3, 0.4) is 0 Å². The molecular weight excluding hydrogens is 413 g/mol. The topological polar surface area (TPSA) is 83.5 Å². The second-order valence-electron chi connectivity index (χ2n) is 6.93. The summed E-state index contributed by atoms with van der Waals surface area (Å²) in [5.74, 6) is -0.109. The molecule has 0 saturated carbocycles. The van der Waals surface area contributed by atoms with E-state index >= 15 is 0 Å². The summed E-state index contributed by atoms with van der Waals surface area (Å²) in [7, 11) is 0. The minimum atomic E-state index is -1.01. The number of ketones is 1. The van der Waals surface area contributed by atoms with Crippen LogP contribution in [0.5, 0.6) is 0 Å². The minimum absolute atomic E-state index is 0.0357. The van der Waals surface area contributed by atoms with E-state index in [0.717, 1.165) is 5.56 Å². The maximum atomic E-state index is 13.5. The van der Waals surface area contributed by atoms with Crippen molar-refractivity contribution >= 4 is 46.4 Å². The summed E-state index contributed by atoms with van der Waals surface area (Å²) in [5, 5.41) is 11.9. The second kappa shape index (κ2) is 6.77. The van der Waals surface area contributed by atoms with Crippen molar-refractivity contribution in [2.75, 3.05) is 0 Å². The molecule has 1 heterocycles. The Labute approximate surface area is 176 Å². The Bertz CT molecular complexity index is 1180. The molecule has 144 valence electrons. The van der Waals surface area contributed by atoms with E-state index in [2.05, 4.69) is 5.92 Å². The molecule has 1 unspecified atom stereocenters. The number of halogens is 2. The number of imide groups is 1. The Morgan fingerprint density at radius 2 is 1.79 bits per heavy atom. The third-order valence-corrected chi connectivity index (χ3v) is 6.22. The molecule has 1 aliphatic heterocycles. The highest BCUT2D eigenvalue weighted by Gasteiger charge is 2.48. The van der Waals surface area contributed by atoms with Crippen molar-refractivity contribution in [3.05, 3.63) is 74.5 Å².